The molecule has 0 bridgehead atoms. The van der Waals surface area contributed by atoms with Crippen molar-refractivity contribution in [3.63, 3.8) is 0 Å². The van der Waals surface area contributed by atoms with Gasteiger partial charge >= 0.3 is 0 Å². The van der Waals surface area contributed by atoms with Crippen LogP contribution in [0.1, 0.15) is 93.8 Å². The minimum absolute atomic E-state index is 0.0221. The van der Waals surface area contributed by atoms with Crippen LogP contribution in [-0.2, 0) is 49.1 Å². The molecule has 4 aromatic heterocycles. The molecule has 358 valence electrons. The summed E-state index contributed by atoms with van der Waals surface area (Å²) in [7, 11) is 0. The van der Waals surface area contributed by atoms with E-state index >= 15 is 0 Å². The molecule has 17 nitrogen and oxygen atoms in total. The number of nitrogens with one attached hydrogen (secondary N) is 2. The van der Waals surface area contributed by atoms with E-state index in [-0.39, 0.29) is 47.1 Å². The number of pyridine rings is 3. The summed E-state index contributed by atoms with van der Waals surface area (Å²) in [6, 6.07) is 14.8. The Morgan fingerprint density at radius 3 is 2.43 bits per heavy atom. The Morgan fingerprint density at radius 2 is 1.68 bits per heavy atom. The Morgan fingerprint density at radius 1 is 0.855 bits per heavy atom. The topological polar surface area (TPSA) is 181 Å². The van der Waals surface area contributed by atoms with Crippen LogP contribution in [0.15, 0.2) is 71.9 Å². The molecule has 2 atom stereocenters. The van der Waals surface area contributed by atoms with Crippen molar-refractivity contribution < 1.29 is 28.4 Å². The number of imide groups is 1. The van der Waals surface area contributed by atoms with Crippen molar-refractivity contribution in [3.05, 3.63) is 111 Å². The van der Waals surface area contributed by atoms with E-state index in [4.69, 9.17) is 4.11 Å². The molecule has 5 aromatic rings. The molecule has 11 rings (SSSR count). The van der Waals surface area contributed by atoms with E-state index in [0.717, 1.165) is 75.3 Å². The number of carbonyl (C=O) groups is 4. The fraction of sp³-hybridized carbons (Fsp3) is 0.442. The molecule has 1 aliphatic carbocycles. The minimum atomic E-state index is -2.83. The fourth-order valence-corrected chi connectivity index (χ4v) is 11.8. The number of aliphatic hydroxyl groups is 1. The first kappa shape index (κ1) is 41.2. The van der Waals surface area contributed by atoms with Crippen molar-refractivity contribution in [2.75, 3.05) is 59.3 Å². The van der Waals surface area contributed by atoms with Gasteiger partial charge < -0.3 is 34.3 Å². The van der Waals surface area contributed by atoms with E-state index in [0.29, 0.717) is 70.4 Å². The van der Waals surface area contributed by atoms with Crippen LogP contribution < -0.4 is 30.9 Å². The van der Waals surface area contributed by atoms with Crippen LogP contribution in [0, 0.1) is 5.41 Å². The van der Waals surface area contributed by atoms with Gasteiger partial charge in [0, 0.05) is 122 Å². The third kappa shape index (κ3) is 8.04. The summed E-state index contributed by atoms with van der Waals surface area (Å²) >= 11 is 0. The maximum atomic E-state index is 14.1. The molecule has 5 aliphatic heterocycles. The molecule has 9 heterocycles. The highest BCUT2D eigenvalue weighted by Crippen LogP contribution is 2.41. The molecule has 0 spiro atoms. The molecule has 1 aromatic carbocycles. The monoisotopic (exact) mass is 936 g/mol. The van der Waals surface area contributed by atoms with Gasteiger partial charge in [-0.1, -0.05) is 13.8 Å². The van der Waals surface area contributed by atoms with Gasteiger partial charge in [-0.2, -0.15) is 0 Å². The number of nitrogens with zero attached hydrogens (tertiary/aromatic N) is 9. The van der Waals surface area contributed by atoms with E-state index in [1.165, 1.54) is 23.7 Å². The van der Waals surface area contributed by atoms with E-state index < -0.39 is 31.1 Å². The molecule has 3 N–H and O–H groups in total. The van der Waals surface area contributed by atoms with Gasteiger partial charge in [0.1, 0.15) is 29.1 Å². The standard InChI is InChI=1S/C52H59N11O6/c1-31-27-59(35-12-15-58(16-13-35)36-5-7-39-33(21-36)29-63(49(39)67)42-8-10-46(65)56-48(42)66)17-18-60(31)37-6-9-45(54-26-37)55-41-22-34(28-57(4)50(41)68)38-11-14-53-47(40(38)30-64)62-20-19-61-43(51(62)69)23-32-24-52(2,3)25-44(32)61/h5-7,9,11,14,21-23,26,28,31,35,42,64H,8,10,12-13,15-20,24-25,27,29-30H2,1-4H3,(H,54,55)(H,56,65,66)/t31-,42?/m0/s1/i4D3. The van der Waals surface area contributed by atoms with Crippen molar-refractivity contribution in [1.82, 2.24) is 34.2 Å². The Labute approximate surface area is 404 Å². The second-order valence-corrected chi connectivity index (χ2v) is 20.3. The normalized spacial score (nSPS) is 22.5. The number of hydrogen-bond donors (Lipinski definition) is 3. The van der Waals surface area contributed by atoms with Gasteiger partial charge in [0.15, 0.2) is 0 Å². The van der Waals surface area contributed by atoms with Gasteiger partial charge in [0.25, 0.3) is 17.4 Å². The molecule has 0 saturated carbocycles. The number of aromatic nitrogens is 4. The molecular formula is C52H59N11O6. The Kier molecular flexibility index (Phi) is 10.3. The largest absolute Gasteiger partial charge is 0.392 e. The first-order chi connectivity index (χ1) is 34.4. The highest BCUT2D eigenvalue weighted by molar-refractivity contribution is 6.07. The van der Waals surface area contributed by atoms with Crippen molar-refractivity contribution in [2.45, 2.75) is 97.1 Å². The molecular weight excluding hydrogens is 875 g/mol. The molecule has 6 aliphatic rings. The minimum Gasteiger partial charge on any atom is -0.392 e. The van der Waals surface area contributed by atoms with Crippen molar-refractivity contribution >= 4 is 52.3 Å². The average molecular weight is 937 g/mol. The van der Waals surface area contributed by atoms with Crippen molar-refractivity contribution in [1.29, 1.82) is 0 Å². The summed E-state index contributed by atoms with van der Waals surface area (Å²) in [4.78, 5) is 85.1. The molecule has 0 radical (unpaired) electrons. The van der Waals surface area contributed by atoms with E-state index in [1.54, 1.807) is 34.2 Å². The Bertz CT molecular complexity index is 3090. The maximum absolute atomic E-state index is 14.1. The SMILES string of the molecule is [2H]C([2H])([2H])n1cc(-c2ccnc(N3CCn4c(cc5c4CC(C)(C)C5)C3=O)c2CO)cc(Nc2ccc(N3CCN(C4CCN(c5ccc6c(c5)CN(C5CCC(=O)NC5=O)C6=O)CC4)C[C@@H]3C)cn2)c1=O. The molecule has 17 heteroatoms. The smallest absolute Gasteiger partial charge is 0.276 e. The predicted octanol–water partition coefficient (Wildman–Crippen LogP) is 4.61. The van der Waals surface area contributed by atoms with E-state index in [2.05, 4.69) is 66.7 Å². The van der Waals surface area contributed by atoms with Gasteiger partial charge in [-0.3, -0.25) is 39.1 Å². The fourth-order valence-electron chi connectivity index (χ4n) is 11.8. The first-order valence-electron chi connectivity index (χ1n) is 25.6. The second-order valence-electron chi connectivity index (χ2n) is 20.3. The molecule has 1 unspecified atom stereocenters. The predicted molar refractivity (Wildman–Crippen MR) is 262 cm³/mol. The average Bonchev–Trinajstić information content (AvgIpc) is 3.98. The summed E-state index contributed by atoms with van der Waals surface area (Å²) in [6.07, 6.45) is 8.88. The quantitative estimate of drug-likeness (QED) is 0.175. The Balaban J connectivity index is 0.741. The zero-order valence-corrected chi connectivity index (χ0v) is 39.2. The zero-order valence-electron chi connectivity index (χ0n) is 42.2. The number of anilines is 5. The number of aliphatic hydroxyl groups excluding tert-OH is 1. The van der Waals surface area contributed by atoms with Gasteiger partial charge in [-0.25, -0.2) is 9.97 Å². The van der Waals surface area contributed by atoms with Gasteiger partial charge in [0.2, 0.25) is 11.8 Å². The second kappa shape index (κ2) is 17.3. The summed E-state index contributed by atoms with van der Waals surface area (Å²) in [5.74, 6) is -0.471. The number of aryl methyl sites for hydroxylation is 1. The third-order valence-corrected chi connectivity index (χ3v) is 15.3. The number of benzene rings is 1. The highest BCUT2D eigenvalue weighted by atomic mass is 16.3. The lowest BCUT2D eigenvalue weighted by molar-refractivity contribution is -0.136. The highest BCUT2D eigenvalue weighted by Gasteiger charge is 2.41. The molecule has 3 fully saturated rings. The molecule has 3 saturated heterocycles. The van der Waals surface area contributed by atoms with Crippen LogP contribution in [0.5, 0.6) is 0 Å². The maximum Gasteiger partial charge on any atom is 0.276 e. The molecule has 69 heavy (non-hydrogen) atoms. The molecule has 4 amide bonds. The number of piperidine rings is 2. The lowest BCUT2D eigenvalue weighted by Crippen LogP contribution is -2.57. The van der Waals surface area contributed by atoms with Gasteiger partial charge in [0.05, 0.1) is 18.5 Å². The van der Waals surface area contributed by atoms with Crippen molar-refractivity contribution in [3.8, 4) is 11.1 Å². The zero-order chi connectivity index (χ0) is 50.4. The summed E-state index contributed by atoms with van der Waals surface area (Å²) in [5, 5.41) is 16.3. The number of rotatable bonds is 9. The third-order valence-electron chi connectivity index (χ3n) is 15.3. The first-order valence-corrected chi connectivity index (χ1v) is 24.1. The summed E-state index contributed by atoms with van der Waals surface area (Å²) in [5.41, 5.74) is 6.92. The number of hydrogen-bond acceptors (Lipinski definition) is 12. The Hall–Kier alpha value is -6.85. The summed E-state index contributed by atoms with van der Waals surface area (Å²) < 4.78 is 27.6. The van der Waals surface area contributed by atoms with Crippen LogP contribution in [0.25, 0.3) is 11.1 Å². The van der Waals surface area contributed by atoms with Crippen LogP contribution in [0.3, 0.4) is 0 Å². The van der Waals surface area contributed by atoms with Gasteiger partial charge in [-0.05, 0) is 110 Å². The van der Waals surface area contributed by atoms with Crippen LogP contribution >= 0.6 is 0 Å². The van der Waals surface area contributed by atoms with E-state index in [9.17, 15) is 29.1 Å². The van der Waals surface area contributed by atoms with E-state index in [1.807, 2.05) is 24.3 Å². The van der Waals surface area contributed by atoms with Crippen LogP contribution in [-0.4, -0.2) is 115 Å². The number of carbonyl (C=O) groups excluding carboxylic acids is 4. The van der Waals surface area contributed by atoms with Crippen LogP contribution in [0.4, 0.5) is 28.7 Å². The lowest BCUT2D eigenvalue weighted by atomic mass is 9.90. The number of piperazine rings is 1. The van der Waals surface area contributed by atoms with Crippen molar-refractivity contribution in [2.24, 2.45) is 12.4 Å². The lowest BCUT2D eigenvalue weighted by Gasteiger charge is -2.46. The number of amides is 4. The number of fused-ring (bicyclic) bond motifs is 4. The van der Waals surface area contributed by atoms with Gasteiger partial charge in [-0.15, -0.1) is 0 Å². The summed E-state index contributed by atoms with van der Waals surface area (Å²) in [6.45, 7) is 8.91. The van der Waals surface area contributed by atoms with Crippen LogP contribution in [0.2, 0.25) is 0 Å².